The van der Waals surface area contributed by atoms with Crippen molar-refractivity contribution in [3.63, 3.8) is 0 Å². The number of fused-ring (bicyclic) bond motifs is 1. The molecule has 5 rings (SSSR count). The van der Waals surface area contributed by atoms with E-state index in [-0.39, 0.29) is 29.2 Å². The highest BCUT2D eigenvalue weighted by Crippen LogP contribution is 2.32. The molecule has 0 aliphatic carbocycles. The minimum absolute atomic E-state index is 0.00204. The molecule has 2 aliphatic heterocycles. The Hall–Kier alpha value is -4.57. The van der Waals surface area contributed by atoms with Gasteiger partial charge in [-0.05, 0) is 65.9 Å². The molecule has 184 valence electrons. The summed E-state index contributed by atoms with van der Waals surface area (Å²) in [7, 11) is 0. The third kappa shape index (κ3) is 4.66. The number of nitrogens with one attached hydrogen (secondary N) is 1. The average molecular weight is 516 g/mol. The second-order valence-electron chi connectivity index (χ2n) is 8.18. The van der Waals surface area contributed by atoms with Crippen LogP contribution in [0, 0.1) is 5.82 Å². The van der Waals surface area contributed by atoms with Crippen molar-refractivity contribution >= 4 is 52.4 Å². The van der Waals surface area contributed by atoms with Gasteiger partial charge in [0.15, 0.2) is 0 Å². The van der Waals surface area contributed by atoms with E-state index in [1.54, 1.807) is 36.4 Å². The predicted octanol–water partition coefficient (Wildman–Crippen LogP) is 4.09. The standard InChI is InChI=1S/C27H18FN3O5S/c28-18-10-8-16(9-11-18)14-22-26(35)30(27(36)37-22)13-12-29-23(32)17-4-3-5-19(15-17)31-24(33)20-6-1-2-7-21(20)25(31)34/h1-11,14-15H,12-13H2,(H,29,32)/b22-14-. The Bertz CT molecular complexity index is 1470. The van der Waals surface area contributed by atoms with Crippen LogP contribution in [0.1, 0.15) is 36.6 Å². The van der Waals surface area contributed by atoms with Gasteiger partial charge in [-0.1, -0.05) is 30.3 Å². The number of thioether (sulfide) groups is 1. The molecule has 1 fully saturated rings. The SMILES string of the molecule is O=C(NCCN1C(=O)S/C(=C\c2ccc(F)cc2)C1=O)c1cccc(N2C(=O)c3ccccc3C2=O)c1. The van der Waals surface area contributed by atoms with Gasteiger partial charge in [-0.25, -0.2) is 9.29 Å². The lowest BCUT2D eigenvalue weighted by Crippen LogP contribution is -2.37. The van der Waals surface area contributed by atoms with Crippen molar-refractivity contribution in [1.29, 1.82) is 0 Å². The number of halogens is 1. The van der Waals surface area contributed by atoms with Crippen LogP contribution in [0.2, 0.25) is 0 Å². The smallest absolute Gasteiger partial charge is 0.293 e. The number of carbonyl (C=O) groups excluding carboxylic acids is 5. The third-order valence-corrected chi connectivity index (χ3v) is 6.73. The first kappa shape index (κ1) is 24.1. The van der Waals surface area contributed by atoms with Gasteiger partial charge in [0.05, 0.1) is 21.7 Å². The summed E-state index contributed by atoms with van der Waals surface area (Å²) in [6.45, 7) is -0.0484. The van der Waals surface area contributed by atoms with Gasteiger partial charge < -0.3 is 5.32 Å². The Kier molecular flexibility index (Phi) is 6.41. The van der Waals surface area contributed by atoms with Crippen molar-refractivity contribution in [3.8, 4) is 0 Å². The Balaban J connectivity index is 1.22. The molecule has 0 aromatic heterocycles. The molecule has 0 saturated carbocycles. The van der Waals surface area contributed by atoms with Crippen LogP contribution in [0.15, 0.2) is 77.7 Å². The van der Waals surface area contributed by atoms with Crippen molar-refractivity contribution < 1.29 is 28.4 Å². The molecule has 37 heavy (non-hydrogen) atoms. The number of nitrogens with zero attached hydrogens (tertiary/aromatic N) is 2. The van der Waals surface area contributed by atoms with Gasteiger partial charge in [-0.2, -0.15) is 0 Å². The normalized spacial score (nSPS) is 16.1. The summed E-state index contributed by atoms with van der Waals surface area (Å²) in [5, 5.41) is 2.18. The maximum Gasteiger partial charge on any atom is 0.293 e. The first-order valence-electron chi connectivity index (χ1n) is 11.2. The number of rotatable bonds is 6. The summed E-state index contributed by atoms with van der Waals surface area (Å²) in [5.74, 6) is -2.33. The minimum Gasteiger partial charge on any atom is -0.350 e. The van der Waals surface area contributed by atoms with Crippen LogP contribution in [0.25, 0.3) is 6.08 Å². The van der Waals surface area contributed by atoms with E-state index in [0.29, 0.717) is 16.7 Å². The maximum absolute atomic E-state index is 13.1. The van der Waals surface area contributed by atoms with Crippen molar-refractivity contribution in [3.05, 3.63) is 106 Å². The predicted molar refractivity (Wildman–Crippen MR) is 135 cm³/mol. The number of hydrogen-bond acceptors (Lipinski definition) is 6. The molecule has 3 aromatic rings. The molecule has 0 radical (unpaired) electrons. The van der Waals surface area contributed by atoms with Crippen LogP contribution in [0.4, 0.5) is 14.9 Å². The molecular formula is C27H18FN3O5S. The molecule has 10 heteroatoms. The van der Waals surface area contributed by atoms with E-state index in [2.05, 4.69) is 5.32 Å². The van der Waals surface area contributed by atoms with Crippen LogP contribution >= 0.6 is 11.8 Å². The fraction of sp³-hybridized carbons (Fsp3) is 0.0741. The number of imide groups is 2. The molecule has 0 bridgehead atoms. The quantitative estimate of drug-likeness (QED) is 0.392. The second kappa shape index (κ2) is 9.82. The van der Waals surface area contributed by atoms with E-state index in [1.807, 2.05) is 0 Å². The van der Waals surface area contributed by atoms with Gasteiger partial charge >= 0.3 is 0 Å². The van der Waals surface area contributed by atoms with Gasteiger partial charge in [0, 0.05) is 18.7 Å². The number of benzene rings is 3. The van der Waals surface area contributed by atoms with E-state index in [0.717, 1.165) is 21.6 Å². The fourth-order valence-corrected chi connectivity index (χ4v) is 4.86. The van der Waals surface area contributed by atoms with E-state index in [1.165, 1.54) is 42.5 Å². The van der Waals surface area contributed by atoms with Gasteiger partial charge in [0.1, 0.15) is 5.82 Å². The van der Waals surface area contributed by atoms with Crippen molar-refractivity contribution in [2.24, 2.45) is 0 Å². The molecule has 8 nitrogen and oxygen atoms in total. The molecular weight excluding hydrogens is 497 g/mol. The lowest BCUT2D eigenvalue weighted by Gasteiger charge is -2.16. The molecule has 2 heterocycles. The van der Waals surface area contributed by atoms with Crippen molar-refractivity contribution in [1.82, 2.24) is 10.2 Å². The van der Waals surface area contributed by atoms with Crippen molar-refractivity contribution in [2.75, 3.05) is 18.0 Å². The summed E-state index contributed by atoms with van der Waals surface area (Å²) < 4.78 is 13.1. The number of anilines is 1. The Morgan fingerprint density at radius 2 is 1.54 bits per heavy atom. The largest absolute Gasteiger partial charge is 0.350 e. The fourth-order valence-electron chi connectivity index (χ4n) is 4.00. The summed E-state index contributed by atoms with van der Waals surface area (Å²) >= 11 is 0.770. The molecule has 2 aliphatic rings. The monoisotopic (exact) mass is 515 g/mol. The van der Waals surface area contributed by atoms with E-state index in [4.69, 9.17) is 0 Å². The molecule has 0 atom stereocenters. The van der Waals surface area contributed by atoms with E-state index < -0.39 is 34.7 Å². The lowest BCUT2D eigenvalue weighted by atomic mass is 10.1. The van der Waals surface area contributed by atoms with Crippen LogP contribution < -0.4 is 10.2 Å². The molecule has 3 aromatic carbocycles. The zero-order chi connectivity index (χ0) is 26.1. The zero-order valence-corrected chi connectivity index (χ0v) is 20.0. The third-order valence-electron chi connectivity index (χ3n) is 5.82. The van der Waals surface area contributed by atoms with Gasteiger partial charge in [-0.3, -0.25) is 28.9 Å². The molecule has 1 saturated heterocycles. The van der Waals surface area contributed by atoms with Crippen molar-refractivity contribution in [2.45, 2.75) is 0 Å². The average Bonchev–Trinajstić information content (AvgIpc) is 3.32. The summed E-state index contributed by atoms with van der Waals surface area (Å²) in [6.07, 6.45) is 1.51. The highest BCUT2D eigenvalue weighted by Gasteiger charge is 2.37. The van der Waals surface area contributed by atoms with Crippen LogP contribution in [-0.2, 0) is 4.79 Å². The Morgan fingerprint density at radius 3 is 2.22 bits per heavy atom. The summed E-state index contributed by atoms with van der Waals surface area (Å²) in [6, 6.07) is 18.1. The maximum atomic E-state index is 13.1. The lowest BCUT2D eigenvalue weighted by molar-refractivity contribution is -0.122. The summed E-state index contributed by atoms with van der Waals surface area (Å²) in [5.41, 5.74) is 1.65. The molecule has 5 amide bonds. The zero-order valence-electron chi connectivity index (χ0n) is 19.1. The van der Waals surface area contributed by atoms with Crippen LogP contribution in [0.5, 0.6) is 0 Å². The van der Waals surface area contributed by atoms with E-state index >= 15 is 0 Å². The Morgan fingerprint density at radius 1 is 0.865 bits per heavy atom. The molecule has 0 unspecified atom stereocenters. The van der Waals surface area contributed by atoms with Gasteiger partial charge in [0.2, 0.25) is 0 Å². The number of carbonyl (C=O) groups is 5. The highest BCUT2D eigenvalue weighted by atomic mass is 32.2. The van der Waals surface area contributed by atoms with E-state index in [9.17, 15) is 28.4 Å². The number of amides is 5. The molecule has 0 spiro atoms. The summed E-state index contributed by atoms with van der Waals surface area (Å²) in [4.78, 5) is 65.4. The first-order valence-corrected chi connectivity index (χ1v) is 12.0. The molecule has 1 N–H and O–H groups in total. The first-order chi connectivity index (χ1) is 17.8. The second-order valence-corrected chi connectivity index (χ2v) is 9.18. The highest BCUT2D eigenvalue weighted by molar-refractivity contribution is 8.18. The van der Waals surface area contributed by atoms with Crippen LogP contribution in [-0.4, -0.2) is 46.9 Å². The van der Waals surface area contributed by atoms with Gasteiger partial charge in [0.25, 0.3) is 28.9 Å². The Labute approximate surface area is 214 Å². The topological polar surface area (TPSA) is 104 Å². The minimum atomic E-state index is -0.499. The van der Waals surface area contributed by atoms with Gasteiger partial charge in [-0.15, -0.1) is 0 Å². The number of hydrogen-bond donors (Lipinski definition) is 1. The van der Waals surface area contributed by atoms with Crippen LogP contribution in [0.3, 0.4) is 0 Å².